The van der Waals surface area contributed by atoms with Gasteiger partial charge in [0.2, 0.25) is 0 Å². The van der Waals surface area contributed by atoms with Crippen molar-refractivity contribution >= 4 is 5.78 Å². The standard InChI is InChI=1S/C10H9NO3/c1-6(12)8-4-9(13)10(14-2)3-7(8)5-11/h3-4,13H,1-2H3. The van der Waals surface area contributed by atoms with E-state index in [0.29, 0.717) is 0 Å². The van der Waals surface area contributed by atoms with Crippen molar-refractivity contribution in [3.63, 3.8) is 0 Å². The van der Waals surface area contributed by atoms with Crippen LogP contribution in [0.4, 0.5) is 0 Å². The molecule has 0 amide bonds. The number of ketones is 1. The van der Waals surface area contributed by atoms with E-state index < -0.39 is 0 Å². The van der Waals surface area contributed by atoms with Crippen molar-refractivity contribution in [2.24, 2.45) is 0 Å². The molecule has 0 unspecified atom stereocenters. The Labute approximate surface area is 81.4 Å². The lowest BCUT2D eigenvalue weighted by molar-refractivity contribution is 0.101. The topological polar surface area (TPSA) is 70.3 Å². The summed E-state index contributed by atoms with van der Waals surface area (Å²) in [5, 5.41) is 18.1. The van der Waals surface area contributed by atoms with Crippen LogP contribution in [0.5, 0.6) is 11.5 Å². The van der Waals surface area contributed by atoms with Gasteiger partial charge < -0.3 is 9.84 Å². The SMILES string of the molecule is COc1cc(C#N)c(C(C)=O)cc1O. The molecular weight excluding hydrogens is 182 g/mol. The quantitative estimate of drug-likeness (QED) is 0.718. The third-order valence-corrected chi connectivity index (χ3v) is 1.82. The summed E-state index contributed by atoms with van der Waals surface area (Å²) in [4.78, 5) is 11.1. The highest BCUT2D eigenvalue weighted by Gasteiger charge is 2.12. The zero-order chi connectivity index (χ0) is 10.7. The number of phenolic OH excluding ortho intramolecular Hbond substituents is 1. The minimum atomic E-state index is -0.264. The number of hydrogen-bond acceptors (Lipinski definition) is 4. The molecule has 1 N–H and O–H groups in total. The fraction of sp³-hybridized carbons (Fsp3) is 0.200. The molecule has 1 rings (SSSR count). The van der Waals surface area contributed by atoms with Gasteiger partial charge in [-0.25, -0.2) is 0 Å². The third kappa shape index (κ3) is 1.67. The van der Waals surface area contributed by atoms with Gasteiger partial charge in [0.25, 0.3) is 0 Å². The molecule has 0 atom stereocenters. The van der Waals surface area contributed by atoms with Crippen LogP contribution in [0.25, 0.3) is 0 Å². The van der Waals surface area contributed by atoms with Crippen LogP contribution in [-0.4, -0.2) is 18.0 Å². The first-order valence-electron chi connectivity index (χ1n) is 3.92. The summed E-state index contributed by atoms with van der Waals surface area (Å²) in [5.74, 6) is -0.220. The molecule has 0 aliphatic heterocycles. The summed E-state index contributed by atoms with van der Waals surface area (Å²) < 4.78 is 4.81. The fourth-order valence-electron chi connectivity index (χ4n) is 1.12. The number of methoxy groups -OCH3 is 1. The monoisotopic (exact) mass is 191 g/mol. The zero-order valence-corrected chi connectivity index (χ0v) is 7.87. The molecule has 0 saturated carbocycles. The predicted molar refractivity (Wildman–Crippen MR) is 49.4 cm³/mol. The van der Waals surface area contributed by atoms with Crippen LogP contribution < -0.4 is 4.74 Å². The minimum Gasteiger partial charge on any atom is -0.504 e. The highest BCUT2D eigenvalue weighted by Crippen LogP contribution is 2.29. The lowest BCUT2D eigenvalue weighted by Crippen LogP contribution is -1.97. The second-order valence-corrected chi connectivity index (χ2v) is 2.74. The van der Waals surface area contributed by atoms with Gasteiger partial charge in [-0.05, 0) is 13.0 Å². The van der Waals surface area contributed by atoms with Crippen LogP contribution in [0, 0.1) is 11.3 Å². The van der Waals surface area contributed by atoms with Gasteiger partial charge in [-0.2, -0.15) is 5.26 Å². The Balaban J connectivity index is 3.41. The molecule has 0 radical (unpaired) electrons. The van der Waals surface area contributed by atoms with E-state index in [4.69, 9.17) is 10.00 Å². The van der Waals surface area contributed by atoms with Crippen molar-refractivity contribution in [3.05, 3.63) is 23.3 Å². The second kappa shape index (κ2) is 3.79. The number of carbonyl (C=O) groups excluding carboxylic acids is 1. The number of nitriles is 1. The molecule has 0 bridgehead atoms. The van der Waals surface area contributed by atoms with Gasteiger partial charge in [0.1, 0.15) is 6.07 Å². The average Bonchev–Trinajstić information content (AvgIpc) is 2.17. The maximum absolute atomic E-state index is 11.1. The molecule has 0 aromatic heterocycles. The first kappa shape index (κ1) is 10.1. The lowest BCUT2D eigenvalue weighted by atomic mass is 10.0. The van der Waals surface area contributed by atoms with Gasteiger partial charge >= 0.3 is 0 Å². The van der Waals surface area contributed by atoms with Crippen LogP contribution in [0.2, 0.25) is 0 Å². The number of carbonyl (C=O) groups is 1. The number of benzene rings is 1. The molecule has 0 aliphatic carbocycles. The van der Waals surface area contributed by atoms with Crippen molar-refractivity contribution in [3.8, 4) is 17.6 Å². The van der Waals surface area contributed by atoms with E-state index in [2.05, 4.69) is 0 Å². The first-order valence-corrected chi connectivity index (χ1v) is 3.92. The average molecular weight is 191 g/mol. The van der Waals surface area contributed by atoms with E-state index in [-0.39, 0.29) is 28.4 Å². The van der Waals surface area contributed by atoms with E-state index in [9.17, 15) is 9.90 Å². The summed E-state index contributed by atoms with van der Waals surface area (Å²) in [7, 11) is 1.38. The van der Waals surface area contributed by atoms with Crippen molar-refractivity contribution in [2.75, 3.05) is 7.11 Å². The van der Waals surface area contributed by atoms with Gasteiger partial charge in [-0.15, -0.1) is 0 Å². The van der Waals surface area contributed by atoms with Crippen LogP contribution in [0.3, 0.4) is 0 Å². The minimum absolute atomic E-state index is 0.142. The van der Waals surface area contributed by atoms with Crippen LogP contribution in [0.1, 0.15) is 22.8 Å². The molecule has 1 aromatic carbocycles. The number of nitrogens with zero attached hydrogens (tertiary/aromatic N) is 1. The summed E-state index contributed by atoms with van der Waals surface area (Å²) >= 11 is 0. The summed E-state index contributed by atoms with van der Waals surface area (Å²) in [5.41, 5.74) is 0.401. The highest BCUT2D eigenvalue weighted by molar-refractivity contribution is 5.97. The Hall–Kier alpha value is -2.02. The second-order valence-electron chi connectivity index (χ2n) is 2.74. The van der Waals surface area contributed by atoms with Crippen LogP contribution in [0.15, 0.2) is 12.1 Å². The van der Waals surface area contributed by atoms with Crippen molar-refractivity contribution in [1.29, 1.82) is 5.26 Å². The summed E-state index contributed by atoms with van der Waals surface area (Å²) in [6.45, 7) is 1.34. The highest BCUT2D eigenvalue weighted by atomic mass is 16.5. The Morgan fingerprint density at radius 2 is 2.21 bits per heavy atom. The lowest BCUT2D eigenvalue weighted by Gasteiger charge is -2.05. The largest absolute Gasteiger partial charge is 0.504 e. The number of aromatic hydroxyl groups is 1. The molecule has 0 spiro atoms. The van der Waals surface area contributed by atoms with E-state index >= 15 is 0 Å². The van der Waals surface area contributed by atoms with Gasteiger partial charge in [-0.3, -0.25) is 4.79 Å². The zero-order valence-electron chi connectivity index (χ0n) is 7.87. The fourth-order valence-corrected chi connectivity index (χ4v) is 1.12. The van der Waals surface area contributed by atoms with Crippen molar-refractivity contribution in [2.45, 2.75) is 6.92 Å². The molecule has 0 aliphatic rings. The number of rotatable bonds is 2. The number of phenols is 1. The number of hydrogen-bond donors (Lipinski definition) is 1. The Bertz CT molecular complexity index is 418. The van der Waals surface area contributed by atoms with Gasteiger partial charge in [0.05, 0.1) is 12.7 Å². The van der Waals surface area contributed by atoms with E-state index in [1.165, 1.54) is 26.2 Å². The maximum atomic E-state index is 11.1. The number of ether oxygens (including phenoxy) is 1. The molecule has 4 heteroatoms. The molecule has 0 saturated heterocycles. The normalized spacial score (nSPS) is 9.21. The molecule has 0 heterocycles. The maximum Gasteiger partial charge on any atom is 0.161 e. The molecular formula is C10H9NO3. The van der Waals surface area contributed by atoms with E-state index in [1.807, 2.05) is 6.07 Å². The molecule has 72 valence electrons. The van der Waals surface area contributed by atoms with Crippen molar-refractivity contribution < 1.29 is 14.6 Å². The number of Topliss-reactive ketones (excluding diaryl/α,β-unsaturated/α-hetero) is 1. The molecule has 1 aromatic rings. The summed E-state index contributed by atoms with van der Waals surface area (Å²) in [6, 6.07) is 4.44. The smallest absolute Gasteiger partial charge is 0.161 e. The van der Waals surface area contributed by atoms with Gasteiger partial charge in [0, 0.05) is 11.6 Å². The Morgan fingerprint density at radius 3 is 2.64 bits per heavy atom. The van der Waals surface area contributed by atoms with Crippen LogP contribution >= 0.6 is 0 Å². The van der Waals surface area contributed by atoms with Gasteiger partial charge in [0.15, 0.2) is 17.3 Å². The first-order chi connectivity index (χ1) is 6.60. The van der Waals surface area contributed by atoms with Crippen LogP contribution in [-0.2, 0) is 0 Å². The summed E-state index contributed by atoms with van der Waals surface area (Å²) in [6.07, 6.45) is 0. The molecule has 14 heavy (non-hydrogen) atoms. The Morgan fingerprint density at radius 1 is 1.57 bits per heavy atom. The Kier molecular flexibility index (Phi) is 2.73. The van der Waals surface area contributed by atoms with Crippen molar-refractivity contribution in [1.82, 2.24) is 0 Å². The van der Waals surface area contributed by atoms with E-state index in [1.54, 1.807) is 0 Å². The predicted octanol–water partition coefficient (Wildman–Crippen LogP) is 1.48. The van der Waals surface area contributed by atoms with E-state index in [0.717, 1.165) is 0 Å². The van der Waals surface area contributed by atoms with Gasteiger partial charge in [-0.1, -0.05) is 0 Å². The molecule has 0 fully saturated rings. The third-order valence-electron chi connectivity index (χ3n) is 1.82. The molecule has 4 nitrogen and oxygen atoms in total.